The van der Waals surface area contributed by atoms with Gasteiger partial charge in [0.2, 0.25) is 5.90 Å². The molecule has 1 amide bonds. The zero-order valence-electron chi connectivity index (χ0n) is 24.1. The number of aliphatic hydroxyl groups is 1. The third-order valence-corrected chi connectivity index (χ3v) is 8.00. The Morgan fingerprint density at radius 3 is 2.38 bits per heavy atom. The number of ether oxygens (including phenoxy) is 2. The smallest absolute Gasteiger partial charge is 0.416 e. The summed E-state index contributed by atoms with van der Waals surface area (Å²) in [6.45, 7) is 0.344. The molecule has 0 aromatic heterocycles. The lowest BCUT2D eigenvalue weighted by atomic mass is 9.82. The van der Waals surface area contributed by atoms with Gasteiger partial charge in [-0.3, -0.25) is 10.2 Å². The fraction of sp³-hybridized carbons (Fsp3) is 0.235. The molecule has 1 aliphatic heterocycles. The van der Waals surface area contributed by atoms with Gasteiger partial charge in [0, 0.05) is 41.6 Å². The van der Waals surface area contributed by atoms with Crippen LogP contribution >= 0.6 is 15.9 Å². The molecule has 4 aromatic carbocycles. The molecule has 0 saturated heterocycles. The first-order valence-corrected chi connectivity index (χ1v) is 15.1. The summed E-state index contributed by atoms with van der Waals surface area (Å²) >= 11 is 3.61. The second-order valence-corrected chi connectivity index (χ2v) is 11.3. The first kappa shape index (κ1) is 32.2. The van der Waals surface area contributed by atoms with E-state index in [0.717, 1.165) is 22.2 Å². The van der Waals surface area contributed by atoms with Crippen LogP contribution in [0.2, 0.25) is 0 Å². The summed E-state index contributed by atoms with van der Waals surface area (Å²) in [6, 6.07) is 28.8. The Morgan fingerprint density at radius 1 is 0.956 bits per heavy atom. The lowest BCUT2D eigenvalue weighted by Gasteiger charge is -2.31. The van der Waals surface area contributed by atoms with E-state index >= 15 is 0 Å². The van der Waals surface area contributed by atoms with Crippen LogP contribution in [0.1, 0.15) is 40.3 Å². The Morgan fingerprint density at radius 2 is 1.67 bits per heavy atom. The number of carbonyl (C=O) groups excluding carboxylic acids is 1. The van der Waals surface area contributed by atoms with Crippen molar-refractivity contribution in [1.29, 1.82) is 0 Å². The highest BCUT2D eigenvalue weighted by molar-refractivity contribution is 9.10. The Balaban J connectivity index is 1.49. The van der Waals surface area contributed by atoms with Crippen molar-refractivity contribution >= 4 is 27.7 Å². The van der Waals surface area contributed by atoms with E-state index in [-0.39, 0.29) is 25.5 Å². The molecule has 0 saturated carbocycles. The maximum atomic E-state index is 14.3. The number of hydrogen-bond acceptors (Lipinski definition) is 6. The normalized spacial score (nSPS) is 17.8. The standard InChI is InChI=1S/C34H31BrF3N3O4/c35-29-13-5-4-12-28(29)30-33(21-23-8-2-1-3-9-23,32(43)41-39-22-24-10-6-11-26(20-24)34(36,37)38)40-31(45-30)25-14-16-27(17-15-25)44-19-7-18-42/h1-6,8-17,20,30,39,42H,7,18-19,21-22H2,(H,41,43)/t30-,33-/m0/s1. The number of halogens is 4. The van der Waals surface area contributed by atoms with Gasteiger partial charge < -0.3 is 14.6 Å². The molecule has 0 spiro atoms. The van der Waals surface area contributed by atoms with E-state index < -0.39 is 29.3 Å². The number of nitrogens with one attached hydrogen (secondary N) is 2. The topological polar surface area (TPSA) is 92.2 Å². The number of benzene rings is 4. The fourth-order valence-corrected chi connectivity index (χ4v) is 5.54. The molecule has 234 valence electrons. The SMILES string of the molecule is O=C(NNCc1cccc(C(F)(F)F)c1)[C@@]1(Cc2ccccc2)N=C(c2ccc(OCCCO)cc2)O[C@H]1c1ccccc1Br. The Labute approximate surface area is 267 Å². The van der Waals surface area contributed by atoms with Gasteiger partial charge in [0.15, 0.2) is 11.6 Å². The highest BCUT2D eigenvalue weighted by Crippen LogP contribution is 2.44. The van der Waals surface area contributed by atoms with E-state index in [0.29, 0.717) is 35.5 Å². The van der Waals surface area contributed by atoms with Crippen molar-refractivity contribution in [3.63, 3.8) is 0 Å². The molecule has 1 heterocycles. The monoisotopic (exact) mass is 681 g/mol. The number of carbonyl (C=O) groups is 1. The highest BCUT2D eigenvalue weighted by atomic mass is 79.9. The number of hydrazine groups is 1. The van der Waals surface area contributed by atoms with Crippen LogP contribution in [-0.2, 0) is 28.7 Å². The summed E-state index contributed by atoms with van der Waals surface area (Å²) in [6.07, 6.45) is -4.67. The molecule has 45 heavy (non-hydrogen) atoms. The highest BCUT2D eigenvalue weighted by Gasteiger charge is 2.54. The Kier molecular flexibility index (Phi) is 10.2. The predicted molar refractivity (Wildman–Crippen MR) is 167 cm³/mol. The van der Waals surface area contributed by atoms with E-state index in [2.05, 4.69) is 26.8 Å². The van der Waals surface area contributed by atoms with E-state index in [9.17, 15) is 18.0 Å². The van der Waals surface area contributed by atoms with Crippen molar-refractivity contribution in [3.8, 4) is 5.75 Å². The van der Waals surface area contributed by atoms with Crippen molar-refractivity contribution in [3.05, 3.63) is 135 Å². The van der Waals surface area contributed by atoms with Gasteiger partial charge >= 0.3 is 6.18 Å². The first-order valence-electron chi connectivity index (χ1n) is 14.3. The molecule has 7 nitrogen and oxygen atoms in total. The molecular weight excluding hydrogens is 651 g/mol. The number of amides is 1. The fourth-order valence-electron chi connectivity index (χ4n) is 5.05. The van der Waals surface area contributed by atoms with Crippen LogP contribution in [0.5, 0.6) is 5.75 Å². The lowest BCUT2D eigenvalue weighted by molar-refractivity contribution is -0.137. The summed E-state index contributed by atoms with van der Waals surface area (Å²) in [7, 11) is 0. The molecular formula is C34H31BrF3N3O4. The summed E-state index contributed by atoms with van der Waals surface area (Å²) in [5, 5.41) is 9.03. The van der Waals surface area contributed by atoms with Crippen LogP contribution < -0.4 is 15.6 Å². The Hall–Kier alpha value is -4.19. The third kappa shape index (κ3) is 7.73. The average Bonchev–Trinajstić information content (AvgIpc) is 3.42. The van der Waals surface area contributed by atoms with Gasteiger partial charge in [-0.2, -0.15) is 13.2 Å². The minimum absolute atomic E-state index is 0.0273. The van der Waals surface area contributed by atoms with Crippen LogP contribution in [0.15, 0.2) is 113 Å². The first-order chi connectivity index (χ1) is 21.7. The van der Waals surface area contributed by atoms with Gasteiger partial charge in [0.1, 0.15) is 5.75 Å². The summed E-state index contributed by atoms with van der Waals surface area (Å²) < 4.78 is 52.6. The Bertz CT molecular complexity index is 1630. The van der Waals surface area contributed by atoms with Gasteiger partial charge in [-0.15, -0.1) is 0 Å². The summed E-state index contributed by atoms with van der Waals surface area (Å²) in [5.74, 6) is 0.347. The number of aliphatic hydroxyl groups excluding tert-OH is 1. The molecule has 0 radical (unpaired) electrons. The number of alkyl halides is 3. The summed E-state index contributed by atoms with van der Waals surface area (Å²) in [4.78, 5) is 19.2. The molecule has 2 atom stereocenters. The predicted octanol–water partition coefficient (Wildman–Crippen LogP) is 6.55. The molecule has 0 unspecified atom stereocenters. The second kappa shape index (κ2) is 14.3. The minimum atomic E-state index is -4.48. The van der Waals surface area contributed by atoms with Gasteiger partial charge in [-0.05, 0) is 47.5 Å². The zero-order chi connectivity index (χ0) is 31.9. The third-order valence-electron chi connectivity index (χ3n) is 7.28. The van der Waals surface area contributed by atoms with Crippen LogP contribution in [0.25, 0.3) is 0 Å². The molecule has 4 aromatic rings. The molecule has 1 aliphatic rings. The van der Waals surface area contributed by atoms with E-state index in [4.69, 9.17) is 19.6 Å². The molecule has 3 N–H and O–H groups in total. The minimum Gasteiger partial charge on any atom is -0.494 e. The van der Waals surface area contributed by atoms with Crippen molar-refractivity contribution in [2.45, 2.75) is 37.2 Å². The van der Waals surface area contributed by atoms with Crippen LogP contribution in [0, 0.1) is 0 Å². The summed E-state index contributed by atoms with van der Waals surface area (Å²) in [5.41, 5.74) is 5.74. The number of rotatable bonds is 12. The molecule has 11 heteroatoms. The lowest BCUT2D eigenvalue weighted by Crippen LogP contribution is -2.53. The van der Waals surface area contributed by atoms with E-state index in [1.54, 1.807) is 30.3 Å². The average molecular weight is 683 g/mol. The van der Waals surface area contributed by atoms with Crippen molar-refractivity contribution < 1.29 is 32.5 Å². The largest absolute Gasteiger partial charge is 0.494 e. The van der Waals surface area contributed by atoms with Gasteiger partial charge in [0.05, 0.1) is 12.2 Å². The van der Waals surface area contributed by atoms with Crippen molar-refractivity contribution in [2.24, 2.45) is 4.99 Å². The zero-order valence-corrected chi connectivity index (χ0v) is 25.6. The van der Waals surface area contributed by atoms with Crippen LogP contribution in [-0.4, -0.2) is 35.7 Å². The maximum absolute atomic E-state index is 14.3. The number of aliphatic imine (C=N–C) groups is 1. The molecule has 0 bridgehead atoms. The van der Waals surface area contributed by atoms with E-state index in [1.807, 2.05) is 54.6 Å². The number of hydrogen-bond donors (Lipinski definition) is 3. The van der Waals surface area contributed by atoms with Crippen LogP contribution in [0.4, 0.5) is 13.2 Å². The van der Waals surface area contributed by atoms with Crippen molar-refractivity contribution in [2.75, 3.05) is 13.2 Å². The molecule has 0 aliphatic carbocycles. The van der Waals surface area contributed by atoms with Gasteiger partial charge in [-0.25, -0.2) is 10.4 Å². The molecule has 0 fully saturated rings. The quantitative estimate of drug-likeness (QED) is 0.117. The van der Waals surface area contributed by atoms with Crippen molar-refractivity contribution in [1.82, 2.24) is 10.9 Å². The second-order valence-electron chi connectivity index (χ2n) is 10.5. The van der Waals surface area contributed by atoms with Gasteiger partial charge in [0.25, 0.3) is 5.91 Å². The molecule has 5 rings (SSSR count). The van der Waals surface area contributed by atoms with Crippen LogP contribution in [0.3, 0.4) is 0 Å². The van der Waals surface area contributed by atoms with Gasteiger partial charge in [-0.1, -0.05) is 82.7 Å². The number of nitrogens with zero attached hydrogens (tertiary/aromatic N) is 1. The maximum Gasteiger partial charge on any atom is 0.416 e. The van der Waals surface area contributed by atoms with E-state index in [1.165, 1.54) is 6.07 Å².